The number of anilines is 1. The molecule has 1 aromatic carbocycles. The molecule has 3 aliphatic rings. The van der Waals surface area contributed by atoms with Crippen LogP contribution in [0.2, 0.25) is 0 Å². The van der Waals surface area contributed by atoms with Gasteiger partial charge in [0, 0.05) is 29.8 Å². The third-order valence-corrected chi connectivity index (χ3v) is 7.08. The highest BCUT2D eigenvalue weighted by Gasteiger charge is 2.36. The predicted octanol–water partition coefficient (Wildman–Crippen LogP) is 6.88. The second-order valence-corrected chi connectivity index (χ2v) is 11.1. The molecule has 1 atom stereocenters. The summed E-state index contributed by atoms with van der Waals surface area (Å²) in [6.45, 7) is 15.5. The van der Waals surface area contributed by atoms with Crippen molar-refractivity contribution in [2.45, 2.75) is 65.7 Å². The molecule has 0 radical (unpaired) electrons. The number of hydrogen-bond acceptors (Lipinski definition) is 4. The van der Waals surface area contributed by atoms with Crippen molar-refractivity contribution in [3.8, 4) is 12.1 Å². The van der Waals surface area contributed by atoms with Crippen LogP contribution in [-0.4, -0.2) is 13.1 Å². The van der Waals surface area contributed by atoms with E-state index in [4.69, 9.17) is 4.74 Å². The Labute approximate surface area is 198 Å². The molecule has 0 aromatic heterocycles. The van der Waals surface area contributed by atoms with Crippen molar-refractivity contribution in [1.82, 2.24) is 0 Å². The first-order valence-electron chi connectivity index (χ1n) is 11.8. The van der Waals surface area contributed by atoms with Gasteiger partial charge in [-0.1, -0.05) is 47.6 Å². The highest BCUT2D eigenvalue weighted by molar-refractivity contribution is 5.71. The maximum Gasteiger partial charge on any atom is 0.137 e. The summed E-state index contributed by atoms with van der Waals surface area (Å²) < 4.78 is 6.18. The Morgan fingerprint density at radius 2 is 1.85 bits per heavy atom. The molecule has 0 fully saturated rings. The van der Waals surface area contributed by atoms with E-state index in [1.165, 1.54) is 23.2 Å². The van der Waals surface area contributed by atoms with Gasteiger partial charge in [-0.25, -0.2) is 0 Å². The fraction of sp³-hybridized carbons (Fsp3) is 0.448. The molecule has 170 valence electrons. The summed E-state index contributed by atoms with van der Waals surface area (Å²) in [4.78, 5) is 2.57. The van der Waals surface area contributed by atoms with Crippen molar-refractivity contribution in [3.63, 3.8) is 0 Å². The second-order valence-electron chi connectivity index (χ2n) is 11.1. The first kappa shape index (κ1) is 22.9. The SMILES string of the molecule is CC1CCN2CCC(C)(C)c3cc(/C=C/C4=CC(=C(C#N)C#N)C=C(C(C)(C)C)O4)cc1c32. The first-order valence-corrected chi connectivity index (χ1v) is 11.8. The number of rotatable bonds is 2. The summed E-state index contributed by atoms with van der Waals surface area (Å²) in [5.74, 6) is 1.93. The fourth-order valence-electron chi connectivity index (χ4n) is 4.86. The van der Waals surface area contributed by atoms with Gasteiger partial charge in [0.05, 0.1) is 0 Å². The van der Waals surface area contributed by atoms with Crippen LogP contribution in [0.25, 0.3) is 6.08 Å². The lowest BCUT2D eigenvalue weighted by molar-refractivity contribution is 0.223. The molecule has 3 aliphatic heterocycles. The normalized spacial score (nSPS) is 21.4. The van der Waals surface area contributed by atoms with E-state index in [0.29, 0.717) is 17.3 Å². The lowest BCUT2D eigenvalue weighted by atomic mass is 9.73. The number of hydrogen-bond donors (Lipinski definition) is 0. The van der Waals surface area contributed by atoms with Crippen molar-refractivity contribution in [1.29, 1.82) is 10.5 Å². The van der Waals surface area contributed by atoms with Crippen LogP contribution in [0.3, 0.4) is 0 Å². The Balaban J connectivity index is 1.76. The van der Waals surface area contributed by atoms with E-state index in [1.54, 1.807) is 12.2 Å². The van der Waals surface area contributed by atoms with Crippen LogP contribution in [0.4, 0.5) is 5.69 Å². The summed E-state index contributed by atoms with van der Waals surface area (Å²) in [6, 6.07) is 8.67. The minimum atomic E-state index is -0.243. The molecule has 1 unspecified atom stereocenters. The largest absolute Gasteiger partial charge is 0.461 e. The minimum Gasteiger partial charge on any atom is -0.461 e. The van der Waals surface area contributed by atoms with E-state index < -0.39 is 0 Å². The Hall–Kier alpha value is -3.24. The van der Waals surface area contributed by atoms with E-state index in [2.05, 4.69) is 64.7 Å². The van der Waals surface area contributed by atoms with Gasteiger partial charge in [-0.05, 0) is 71.2 Å². The zero-order valence-corrected chi connectivity index (χ0v) is 20.6. The third-order valence-electron chi connectivity index (χ3n) is 7.08. The van der Waals surface area contributed by atoms with Gasteiger partial charge in [-0.3, -0.25) is 0 Å². The third kappa shape index (κ3) is 4.36. The molecule has 1 aromatic rings. The van der Waals surface area contributed by atoms with Gasteiger partial charge in [-0.15, -0.1) is 0 Å². The van der Waals surface area contributed by atoms with Gasteiger partial charge >= 0.3 is 0 Å². The van der Waals surface area contributed by atoms with E-state index in [9.17, 15) is 10.5 Å². The number of allylic oxidation sites excluding steroid dienone is 6. The lowest BCUT2D eigenvalue weighted by Gasteiger charge is -2.45. The molecule has 0 N–H and O–H groups in total. The molecule has 0 spiro atoms. The second kappa shape index (κ2) is 8.27. The van der Waals surface area contributed by atoms with Crippen LogP contribution in [-0.2, 0) is 10.2 Å². The molecule has 33 heavy (non-hydrogen) atoms. The summed E-state index contributed by atoms with van der Waals surface area (Å²) in [7, 11) is 0. The molecule has 0 bridgehead atoms. The molecule has 0 saturated carbocycles. The van der Waals surface area contributed by atoms with Gasteiger partial charge in [0.1, 0.15) is 29.2 Å². The van der Waals surface area contributed by atoms with Gasteiger partial charge in [-0.2, -0.15) is 10.5 Å². The molecule has 4 rings (SSSR count). The maximum absolute atomic E-state index is 9.38. The molecule has 3 heterocycles. The summed E-state index contributed by atoms with van der Waals surface area (Å²) in [6.07, 6.45) is 9.99. The molecule has 4 nitrogen and oxygen atoms in total. The first-order chi connectivity index (χ1) is 15.5. The quantitative estimate of drug-likeness (QED) is 0.471. The molecule has 0 saturated heterocycles. The predicted molar refractivity (Wildman–Crippen MR) is 133 cm³/mol. The van der Waals surface area contributed by atoms with Crippen LogP contribution in [0, 0.1) is 28.1 Å². The summed E-state index contributed by atoms with van der Waals surface area (Å²) >= 11 is 0. The average molecular weight is 440 g/mol. The van der Waals surface area contributed by atoms with Crippen LogP contribution in [0.15, 0.2) is 53.0 Å². The zero-order chi connectivity index (χ0) is 24.0. The van der Waals surface area contributed by atoms with Crippen LogP contribution in [0.5, 0.6) is 0 Å². The van der Waals surface area contributed by atoms with Gasteiger partial charge in [0.15, 0.2) is 0 Å². The Kier molecular flexibility index (Phi) is 5.75. The van der Waals surface area contributed by atoms with E-state index in [-0.39, 0.29) is 16.4 Å². The monoisotopic (exact) mass is 439 g/mol. The van der Waals surface area contributed by atoms with Gasteiger partial charge in [0.25, 0.3) is 0 Å². The summed E-state index contributed by atoms with van der Waals surface area (Å²) in [5.41, 5.74) is 6.09. The Morgan fingerprint density at radius 1 is 1.12 bits per heavy atom. The number of benzene rings is 1. The van der Waals surface area contributed by atoms with E-state index in [0.717, 1.165) is 30.8 Å². The topological polar surface area (TPSA) is 60.0 Å². The number of nitriles is 2. The van der Waals surface area contributed by atoms with Crippen molar-refractivity contribution >= 4 is 11.8 Å². The van der Waals surface area contributed by atoms with Crippen LogP contribution in [0.1, 0.15) is 77.0 Å². The summed E-state index contributed by atoms with van der Waals surface area (Å²) in [5, 5.41) is 18.8. The number of nitrogens with zero attached hydrogens (tertiary/aromatic N) is 3. The van der Waals surface area contributed by atoms with Crippen molar-refractivity contribution in [2.75, 3.05) is 18.0 Å². The van der Waals surface area contributed by atoms with Crippen molar-refractivity contribution in [2.24, 2.45) is 5.41 Å². The Bertz CT molecular complexity index is 1170. The van der Waals surface area contributed by atoms with Crippen LogP contribution < -0.4 is 4.90 Å². The molecular formula is C29H33N3O. The lowest BCUT2D eigenvalue weighted by Crippen LogP contribution is -2.41. The fourth-order valence-corrected chi connectivity index (χ4v) is 4.86. The highest BCUT2D eigenvalue weighted by atomic mass is 16.5. The minimum absolute atomic E-state index is 0.0971. The molecule has 0 aliphatic carbocycles. The average Bonchev–Trinajstić information content (AvgIpc) is 2.76. The van der Waals surface area contributed by atoms with Crippen LogP contribution >= 0.6 is 0 Å². The van der Waals surface area contributed by atoms with Crippen molar-refractivity contribution in [3.05, 3.63) is 69.7 Å². The van der Waals surface area contributed by atoms with Gasteiger partial charge < -0.3 is 9.64 Å². The molecule has 4 heteroatoms. The van der Waals surface area contributed by atoms with E-state index in [1.807, 2.05) is 18.2 Å². The van der Waals surface area contributed by atoms with E-state index >= 15 is 0 Å². The maximum atomic E-state index is 9.38. The molecular weight excluding hydrogens is 406 g/mol. The zero-order valence-electron chi connectivity index (χ0n) is 20.6. The van der Waals surface area contributed by atoms with Gasteiger partial charge in [0.2, 0.25) is 0 Å². The standard InChI is InChI=1S/C29H33N3O/c1-19-9-11-32-12-10-29(5,6)25-14-20(13-24(19)27(25)32)7-8-23-15-21(22(17-30)18-31)16-26(33-23)28(2,3)4/h7-8,13-16,19H,9-12H2,1-6H3/b8-7+. The Morgan fingerprint density at radius 3 is 2.52 bits per heavy atom. The molecule has 0 amide bonds. The highest BCUT2D eigenvalue weighted by Crippen LogP contribution is 2.47. The van der Waals surface area contributed by atoms with Crippen molar-refractivity contribution < 1.29 is 4.74 Å². The number of ether oxygens (including phenoxy) is 1. The smallest absolute Gasteiger partial charge is 0.137 e.